The minimum atomic E-state index is -0.780. The van der Waals surface area contributed by atoms with Crippen LogP contribution in [0.2, 0.25) is 0 Å². The fraction of sp³-hybridized carbons (Fsp3) is 0.753. The highest BCUT2D eigenvalue weighted by Gasteiger charge is 2.19. The van der Waals surface area contributed by atoms with E-state index in [1.54, 1.807) is 0 Å². The first-order valence-electron chi connectivity index (χ1n) is 35.7. The molecule has 0 amide bonds. The lowest BCUT2D eigenvalue weighted by Crippen LogP contribution is -2.30. The highest BCUT2D eigenvalue weighted by Crippen LogP contribution is 2.17. The van der Waals surface area contributed by atoms with Crippen molar-refractivity contribution in [3.05, 3.63) is 97.2 Å². The number of allylic oxidation sites excluding steroid dienone is 16. The van der Waals surface area contributed by atoms with Crippen LogP contribution in [0.1, 0.15) is 355 Å². The Hall–Kier alpha value is -3.67. The maximum absolute atomic E-state index is 12.9. The number of hydrogen-bond donors (Lipinski definition) is 0. The van der Waals surface area contributed by atoms with Crippen LogP contribution < -0.4 is 0 Å². The van der Waals surface area contributed by atoms with Gasteiger partial charge in [0.1, 0.15) is 13.2 Å². The normalized spacial score (nSPS) is 12.7. The van der Waals surface area contributed by atoms with E-state index in [1.807, 2.05) is 0 Å². The van der Waals surface area contributed by atoms with Gasteiger partial charge in [0.25, 0.3) is 0 Å². The molecule has 0 aliphatic rings. The molecule has 0 aromatic rings. The van der Waals surface area contributed by atoms with Gasteiger partial charge in [-0.1, -0.05) is 330 Å². The molecule has 6 nitrogen and oxygen atoms in total. The van der Waals surface area contributed by atoms with Crippen molar-refractivity contribution in [1.82, 2.24) is 0 Å². The summed E-state index contributed by atoms with van der Waals surface area (Å²) in [5.41, 5.74) is 0. The van der Waals surface area contributed by atoms with Gasteiger partial charge in [-0.3, -0.25) is 14.4 Å². The lowest BCUT2D eigenvalue weighted by molar-refractivity contribution is -0.167. The number of esters is 3. The Bertz CT molecular complexity index is 1610. The summed E-state index contributed by atoms with van der Waals surface area (Å²) in [5.74, 6) is -0.870. The summed E-state index contributed by atoms with van der Waals surface area (Å²) in [5, 5.41) is 0. The van der Waals surface area contributed by atoms with Gasteiger partial charge in [-0.2, -0.15) is 0 Å². The minimum Gasteiger partial charge on any atom is -0.462 e. The summed E-state index contributed by atoms with van der Waals surface area (Å²) in [6.45, 7) is 6.53. The highest BCUT2D eigenvalue weighted by molar-refractivity contribution is 5.71. The first-order chi connectivity index (χ1) is 41.0. The van der Waals surface area contributed by atoms with Crippen molar-refractivity contribution in [2.45, 2.75) is 361 Å². The average Bonchev–Trinajstić information content (AvgIpc) is 3.49. The maximum Gasteiger partial charge on any atom is 0.306 e. The van der Waals surface area contributed by atoms with E-state index in [9.17, 15) is 14.4 Å². The summed E-state index contributed by atoms with van der Waals surface area (Å²) in [6.07, 6.45) is 95.9. The van der Waals surface area contributed by atoms with Crippen LogP contribution in [-0.2, 0) is 28.6 Å². The molecule has 1 unspecified atom stereocenters. The summed E-state index contributed by atoms with van der Waals surface area (Å²) in [4.78, 5) is 38.3. The summed E-state index contributed by atoms with van der Waals surface area (Å²) in [6, 6.07) is 0. The van der Waals surface area contributed by atoms with Crippen LogP contribution in [0.4, 0.5) is 0 Å². The molecule has 0 aromatic carbocycles. The fourth-order valence-electron chi connectivity index (χ4n) is 10.2. The third kappa shape index (κ3) is 69.0. The fourth-order valence-corrected chi connectivity index (χ4v) is 10.2. The zero-order valence-electron chi connectivity index (χ0n) is 54.9. The van der Waals surface area contributed by atoms with Crippen LogP contribution in [0.5, 0.6) is 0 Å². The van der Waals surface area contributed by atoms with Crippen LogP contribution in [0.15, 0.2) is 97.2 Å². The first kappa shape index (κ1) is 79.3. The van der Waals surface area contributed by atoms with E-state index < -0.39 is 6.10 Å². The first-order valence-corrected chi connectivity index (χ1v) is 35.7. The topological polar surface area (TPSA) is 78.9 Å². The van der Waals surface area contributed by atoms with Gasteiger partial charge in [0.2, 0.25) is 0 Å². The predicted octanol–water partition coefficient (Wildman–Crippen LogP) is 24.8. The molecule has 0 N–H and O–H groups in total. The van der Waals surface area contributed by atoms with Crippen molar-refractivity contribution in [1.29, 1.82) is 0 Å². The van der Waals surface area contributed by atoms with Crippen LogP contribution in [0.3, 0.4) is 0 Å². The van der Waals surface area contributed by atoms with E-state index in [4.69, 9.17) is 14.2 Å². The summed E-state index contributed by atoms with van der Waals surface area (Å²) in [7, 11) is 0. The van der Waals surface area contributed by atoms with Gasteiger partial charge in [0.05, 0.1) is 0 Å². The molecule has 0 aliphatic carbocycles. The third-order valence-corrected chi connectivity index (χ3v) is 15.6. The second-order valence-electron chi connectivity index (χ2n) is 23.8. The van der Waals surface area contributed by atoms with E-state index >= 15 is 0 Å². The monoisotopic (exact) mass is 1160 g/mol. The van der Waals surface area contributed by atoms with Crippen LogP contribution in [0, 0.1) is 0 Å². The van der Waals surface area contributed by atoms with Crippen molar-refractivity contribution >= 4 is 17.9 Å². The van der Waals surface area contributed by atoms with Crippen molar-refractivity contribution in [3.63, 3.8) is 0 Å². The van der Waals surface area contributed by atoms with Gasteiger partial charge in [-0.15, -0.1) is 0 Å². The van der Waals surface area contributed by atoms with Gasteiger partial charge >= 0.3 is 17.9 Å². The zero-order chi connectivity index (χ0) is 59.9. The van der Waals surface area contributed by atoms with Crippen LogP contribution in [-0.4, -0.2) is 37.2 Å². The lowest BCUT2D eigenvalue weighted by Gasteiger charge is -2.18. The van der Waals surface area contributed by atoms with E-state index in [-0.39, 0.29) is 31.1 Å². The Labute approximate surface area is 515 Å². The molecule has 0 aliphatic heterocycles. The molecule has 0 rings (SSSR count). The van der Waals surface area contributed by atoms with Gasteiger partial charge in [-0.25, -0.2) is 0 Å². The molecule has 0 saturated heterocycles. The molecular weight excluding hydrogens is 1020 g/mol. The summed E-state index contributed by atoms with van der Waals surface area (Å²) < 4.78 is 16.9. The van der Waals surface area contributed by atoms with E-state index in [2.05, 4.69) is 118 Å². The molecule has 0 spiro atoms. The van der Waals surface area contributed by atoms with Crippen LogP contribution >= 0.6 is 0 Å². The Morgan fingerprint density at radius 3 is 0.735 bits per heavy atom. The van der Waals surface area contributed by atoms with Gasteiger partial charge < -0.3 is 14.2 Å². The number of unbranched alkanes of at least 4 members (excludes halogenated alkanes) is 38. The maximum atomic E-state index is 12.9. The van der Waals surface area contributed by atoms with Crippen molar-refractivity contribution < 1.29 is 28.6 Å². The smallest absolute Gasteiger partial charge is 0.306 e. The van der Waals surface area contributed by atoms with E-state index in [0.29, 0.717) is 19.3 Å². The van der Waals surface area contributed by atoms with Crippen LogP contribution in [0.25, 0.3) is 0 Å². The highest BCUT2D eigenvalue weighted by atomic mass is 16.6. The third-order valence-electron chi connectivity index (χ3n) is 15.6. The molecule has 478 valence electrons. The Balaban J connectivity index is 4.14. The van der Waals surface area contributed by atoms with Gasteiger partial charge in [-0.05, 0) is 103 Å². The minimum absolute atomic E-state index is 0.0762. The number of ether oxygens (including phenoxy) is 3. The Morgan fingerprint density at radius 1 is 0.253 bits per heavy atom. The average molecular weight is 1160 g/mol. The van der Waals surface area contributed by atoms with Gasteiger partial charge in [0.15, 0.2) is 6.10 Å². The molecule has 0 heterocycles. The molecule has 1 atom stereocenters. The van der Waals surface area contributed by atoms with E-state index in [1.165, 1.54) is 205 Å². The molecule has 83 heavy (non-hydrogen) atoms. The molecule has 0 radical (unpaired) electrons. The largest absolute Gasteiger partial charge is 0.462 e. The SMILES string of the molecule is CC/C=C\C/C=C\C/C=C\C/C=C\C/C=C\CCCCCCCCCCCC(=O)OC(COC(=O)CCCCCCCCCCC)COC(=O)CCCCCCCCCCCCCCCCCC/C=C\C/C=C\C/C=C\CCCCCCC. The second-order valence-corrected chi connectivity index (χ2v) is 23.8. The molecule has 0 aromatic heterocycles. The number of rotatable bonds is 65. The number of carbonyl (C=O) groups excluding carboxylic acids is 3. The second kappa shape index (κ2) is 70.8. The van der Waals surface area contributed by atoms with Crippen molar-refractivity contribution in [2.24, 2.45) is 0 Å². The Kier molecular flexibility index (Phi) is 67.7. The molecule has 0 fully saturated rings. The molecule has 6 heteroatoms. The van der Waals surface area contributed by atoms with Crippen molar-refractivity contribution in [2.75, 3.05) is 13.2 Å². The standard InChI is InChI=1S/C77H134O6/c1-4-7-10-13-16-19-21-23-25-27-29-31-33-35-36-37-38-39-40-42-43-45-47-49-51-53-55-58-61-64-67-70-76(79)82-73-74(72-81-75(78)69-66-63-60-57-18-15-12-9-6-3)83-77(80)71-68-65-62-59-56-54-52-50-48-46-44-41-34-32-30-28-26-24-22-20-17-14-11-8-5-2/h8,11,17,20-21,23-24,26-27,29-30,32-33,35,41,44,74H,4-7,9-10,12-16,18-19,22,25,28,31,34,36-40,42-43,45-73H2,1-3H3/b11-8-,20-17-,23-21-,26-24-,29-27-,32-30-,35-33-,44-41-. The number of hydrogen-bond acceptors (Lipinski definition) is 6. The Morgan fingerprint density at radius 2 is 0.470 bits per heavy atom. The lowest BCUT2D eigenvalue weighted by atomic mass is 10.0. The van der Waals surface area contributed by atoms with E-state index in [0.717, 1.165) is 109 Å². The quantitative estimate of drug-likeness (QED) is 0.0261. The van der Waals surface area contributed by atoms with Crippen molar-refractivity contribution in [3.8, 4) is 0 Å². The zero-order valence-corrected chi connectivity index (χ0v) is 54.9. The number of carbonyl (C=O) groups is 3. The molecule has 0 saturated carbocycles. The summed E-state index contributed by atoms with van der Waals surface area (Å²) >= 11 is 0. The van der Waals surface area contributed by atoms with Gasteiger partial charge in [0, 0.05) is 19.3 Å². The molecular formula is C77H134O6. The predicted molar refractivity (Wildman–Crippen MR) is 362 cm³/mol. The molecule has 0 bridgehead atoms.